The maximum Gasteiger partial charge on any atom is 0.251 e. The fraction of sp³-hybridized carbons (Fsp3) is 0.400. The van der Waals surface area contributed by atoms with Crippen molar-refractivity contribution in [3.8, 4) is 5.75 Å². The molecule has 1 aromatic carbocycles. The highest BCUT2D eigenvalue weighted by molar-refractivity contribution is 7.16. The van der Waals surface area contributed by atoms with Crippen molar-refractivity contribution >= 4 is 34.8 Å². The maximum absolute atomic E-state index is 13.1. The molecule has 146 valence electrons. The van der Waals surface area contributed by atoms with Gasteiger partial charge in [-0.25, -0.2) is 0 Å². The third-order valence-electron chi connectivity index (χ3n) is 4.24. The van der Waals surface area contributed by atoms with E-state index in [0.29, 0.717) is 28.7 Å². The summed E-state index contributed by atoms with van der Waals surface area (Å²) >= 11 is 7.44. The molecule has 5 nitrogen and oxygen atoms in total. The first kappa shape index (κ1) is 21.3. The standard InChI is InChI=1S/C20H25ClN2O3S/c1-5-23(12-16-10-11-17(21)27-16)20(25)18(13(2)3)22-19(24)14-6-8-15(26-4)9-7-14/h6-11,13,18H,5,12H2,1-4H3,(H,22,24). The van der Waals surface area contributed by atoms with E-state index >= 15 is 0 Å². The topological polar surface area (TPSA) is 58.6 Å². The summed E-state index contributed by atoms with van der Waals surface area (Å²) in [5, 5.41) is 2.88. The van der Waals surface area contributed by atoms with Gasteiger partial charge in [0.25, 0.3) is 5.91 Å². The number of carbonyl (C=O) groups is 2. The molecular weight excluding hydrogens is 384 g/mol. The lowest BCUT2D eigenvalue weighted by Gasteiger charge is -2.29. The molecule has 0 aliphatic rings. The normalized spacial score (nSPS) is 11.9. The molecule has 7 heteroatoms. The zero-order valence-corrected chi connectivity index (χ0v) is 17.6. The highest BCUT2D eigenvalue weighted by Crippen LogP contribution is 2.23. The molecule has 2 amide bonds. The molecule has 27 heavy (non-hydrogen) atoms. The van der Waals surface area contributed by atoms with Crippen LogP contribution in [0.15, 0.2) is 36.4 Å². The van der Waals surface area contributed by atoms with Gasteiger partial charge in [0.05, 0.1) is 18.0 Å². The smallest absolute Gasteiger partial charge is 0.251 e. The first-order chi connectivity index (χ1) is 12.8. The van der Waals surface area contributed by atoms with E-state index in [-0.39, 0.29) is 17.7 Å². The summed E-state index contributed by atoms with van der Waals surface area (Å²) in [6, 6.07) is 9.95. The lowest BCUT2D eigenvalue weighted by molar-refractivity contribution is -0.134. The second kappa shape index (κ2) is 9.76. The molecule has 2 aromatic rings. The summed E-state index contributed by atoms with van der Waals surface area (Å²) in [7, 11) is 1.57. The van der Waals surface area contributed by atoms with Crippen LogP contribution in [0.5, 0.6) is 5.75 Å². The van der Waals surface area contributed by atoms with Crippen LogP contribution in [0.4, 0.5) is 0 Å². The first-order valence-corrected chi connectivity index (χ1v) is 10.0. The van der Waals surface area contributed by atoms with Crippen LogP contribution >= 0.6 is 22.9 Å². The number of thiophene rings is 1. The van der Waals surface area contributed by atoms with Gasteiger partial charge in [-0.05, 0) is 49.2 Å². The van der Waals surface area contributed by atoms with Gasteiger partial charge in [0.2, 0.25) is 5.91 Å². The van der Waals surface area contributed by atoms with Crippen molar-refractivity contribution in [1.82, 2.24) is 10.2 Å². The molecule has 0 fully saturated rings. The van der Waals surface area contributed by atoms with Gasteiger partial charge >= 0.3 is 0 Å². The average Bonchev–Trinajstić information content (AvgIpc) is 3.08. The van der Waals surface area contributed by atoms with Crippen molar-refractivity contribution in [2.75, 3.05) is 13.7 Å². The van der Waals surface area contributed by atoms with Crippen LogP contribution in [-0.4, -0.2) is 36.4 Å². The van der Waals surface area contributed by atoms with Gasteiger partial charge in [-0.1, -0.05) is 25.4 Å². The van der Waals surface area contributed by atoms with Crippen molar-refractivity contribution < 1.29 is 14.3 Å². The Morgan fingerprint density at radius 1 is 1.19 bits per heavy atom. The Bertz CT molecular complexity index is 774. The van der Waals surface area contributed by atoms with Crippen LogP contribution in [0.1, 0.15) is 36.0 Å². The van der Waals surface area contributed by atoms with Crippen molar-refractivity contribution in [2.24, 2.45) is 5.92 Å². The quantitative estimate of drug-likeness (QED) is 0.711. The van der Waals surface area contributed by atoms with Gasteiger partial charge < -0.3 is 15.0 Å². The number of carbonyl (C=O) groups excluding carboxylic acids is 2. The number of benzene rings is 1. The van der Waals surface area contributed by atoms with Gasteiger partial charge in [0.1, 0.15) is 11.8 Å². The molecule has 0 spiro atoms. The fourth-order valence-electron chi connectivity index (χ4n) is 2.65. The Balaban J connectivity index is 2.11. The largest absolute Gasteiger partial charge is 0.497 e. The molecule has 0 radical (unpaired) electrons. The van der Waals surface area contributed by atoms with Crippen LogP contribution in [0.3, 0.4) is 0 Å². The third kappa shape index (κ3) is 5.71. The van der Waals surface area contributed by atoms with Crippen molar-refractivity contribution in [3.63, 3.8) is 0 Å². The second-order valence-corrected chi connectivity index (χ2v) is 8.28. The number of rotatable bonds is 8. The number of halogens is 1. The predicted molar refractivity (Wildman–Crippen MR) is 110 cm³/mol. The summed E-state index contributed by atoms with van der Waals surface area (Å²) in [6.45, 7) is 6.81. The van der Waals surface area contributed by atoms with Gasteiger partial charge in [-0.15, -0.1) is 11.3 Å². The highest BCUT2D eigenvalue weighted by Gasteiger charge is 2.28. The number of nitrogens with one attached hydrogen (secondary N) is 1. The molecule has 0 saturated heterocycles. The minimum atomic E-state index is -0.602. The number of nitrogens with zero attached hydrogens (tertiary/aromatic N) is 1. The van der Waals surface area contributed by atoms with E-state index in [4.69, 9.17) is 16.3 Å². The third-order valence-corrected chi connectivity index (χ3v) is 5.46. The zero-order chi connectivity index (χ0) is 20.0. The van der Waals surface area contributed by atoms with E-state index in [1.807, 2.05) is 32.9 Å². The molecule has 1 unspecified atom stereocenters. The SMILES string of the molecule is CCN(Cc1ccc(Cl)s1)C(=O)C(NC(=O)c1ccc(OC)cc1)C(C)C. The summed E-state index contributed by atoms with van der Waals surface area (Å²) < 4.78 is 5.81. The Hall–Kier alpha value is -2.05. The van der Waals surface area contributed by atoms with E-state index in [0.717, 1.165) is 4.88 Å². The summed E-state index contributed by atoms with van der Waals surface area (Å²) in [5.74, 6) is 0.259. The van der Waals surface area contributed by atoms with Crippen LogP contribution in [0, 0.1) is 5.92 Å². The first-order valence-electron chi connectivity index (χ1n) is 8.83. The Morgan fingerprint density at radius 2 is 1.85 bits per heavy atom. The Labute approximate surface area is 169 Å². The molecule has 1 heterocycles. The number of methoxy groups -OCH3 is 1. The zero-order valence-electron chi connectivity index (χ0n) is 16.0. The van der Waals surface area contributed by atoms with E-state index in [1.165, 1.54) is 11.3 Å². The van der Waals surface area contributed by atoms with E-state index in [2.05, 4.69) is 5.32 Å². The van der Waals surface area contributed by atoms with Crippen LogP contribution in [0.25, 0.3) is 0 Å². The van der Waals surface area contributed by atoms with Gasteiger partial charge in [-0.2, -0.15) is 0 Å². The molecule has 0 aliphatic heterocycles. The Morgan fingerprint density at radius 3 is 2.33 bits per heavy atom. The van der Waals surface area contributed by atoms with E-state index < -0.39 is 6.04 Å². The van der Waals surface area contributed by atoms with Crippen molar-refractivity contribution in [2.45, 2.75) is 33.4 Å². The number of hydrogen-bond donors (Lipinski definition) is 1. The second-order valence-electron chi connectivity index (χ2n) is 6.48. The maximum atomic E-state index is 13.1. The molecule has 1 aromatic heterocycles. The van der Waals surface area contributed by atoms with Crippen LogP contribution < -0.4 is 10.1 Å². The van der Waals surface area contributed by atoms with Crippen LogP contribution in [0.2, 0.25) is 4.34 Å². The van der Waals surface area contributed by atoms with Crippen molar-refractivity contribution in [1.29, 1.82) is 0 Å². The predicted octanol–water partition coefficient (Wildman–Crippen LogP) is 4.21. The Kier molecular flexibility index (Phi) is 7.68. The van der Waals surface area contributed by atoms with E-state index in [1.54, 1.807) is 36.3 Å². The lowest BCUT2D eigenvalue weighted by atomic mass is 10.0. The van der Waals surface area contributed by atoms with E-state index in [9.17, 15) is 9.59 Å². The van der Waals surface area contributed by atoms with Crippen LogP contribution in [-0.2, 0) is 11.3 Å². The van der Waals surface area contributed by atoms with Crippen molar-refractivity contribution in [3.05, 3.63) is 51.2 Å². The summed E-state index contributed by atoms with van der Waals surface area (Å²) in [5.41, 5.74) is 0.488. The molecule has 1 N–H and O–H groups in total. The molecule has 0 bridgehead atoms. The number of ether oxygens (including phenoxy) is 1. The molecular formula is C20H25ClN2O3S. The molecule has 0 saturated carbocycles. The summed E-state index contributed by atoms with van der Waals surface area (Å²) in [4.78, 5) is 28.4. The van der Waals surface area contributed by atoms with Gasteiger partial charge in [-0.3, -0.25) is 9.59 Å². The van der Waals surface area contributed by atoms with Gasteiger partial charge in [0.15, 0.2) is 0 Å². The number of likely N-dealkylation sites (N-methyl/N-ethyl adjacent to an activating group) is 1. The fourth-order valence-corrected chi connectivity index (χ4v) is 3.75. The van der Waals surface area contributed by atoms with Gasteiger partial charge in [0, 0.05) is 17.0 Å². The highest BCUT2D eigenvalue weighted by atomic mass is 35.5. The minimum absolute atomic E-state index is 0.0410. The number of amides is 2. The molecule has 2 rings (SSSR count). The minimum Gasteiger partial charge on any atom is -0.497 e. The monoisotopic (exact) mass is 408 g/mol. The lowest BCUT2D eigenvalue weighted by Crippen LogP contribution is -2.51. The molecule has 0 aliphatic carbocycles. The average molecular weight is 409 g/mol. The molecule has 1 atom stereocenters. The number of hydrogen-bond acceptors (Lipinski definition) is 4. The summed E-state index contributed by atoms with van der Waals surface area (Å²) in [6.07, 6.45) is 0.